The molecule has 0 radical (unpaired) electrons. The van der Waals surface area contributed by atoms with E-state index in [1.165, 1.54) is 12.3 Å². The van der Waals surface area contributed by atoms with Gasteiger partial charge < -0.3 is 10.1 Å². The van der Waals surface area contributed by atoms with Crippen molar-refractivity contribution in [3.8, 4) is 0 Å². The van der Waals surface area contributed by atoms with E-state index in [9.17, 15) is 4.79 Å². The molecule has 1 aromatic heterocycles. The van der Waals surface area contributed by atoms with Crippen LogP contribution in [0.4, 0.5) is 5.69 Å². The van der Waals surface area contributed by atoms with Gasteiger partial charge in [-0.05, 0) is 25.1 Å². The molecule has 0 aliphatic carbocycles. The van der Waals surface area contributed by atoms with Gasteiger partial charge in [0.1, 0.15) is 5.15 Å². The molecular formula is C15H15ClN2O2. The van der Waals surface area contributed by atoms with E-state index in [-0.39, 0.29) is 5.91 Å². The molecule has 0 saturated heterocycles. The Bertz CT molecular complexity index is 602. The van der Waals surface area contributed by atoms with E-state index in [2.05, 4.69) is 10.3 Å². The number of anilines is 1. The van der Waals surface area contributed by atoms with Crippen LogP contribution in [-0.4, -0.2) is 17.5 Å². The van der Waals surface area contributed by atoms with Crippen molar-refractivity contribution in [1.29, 1.82) is 0 Å². The van der Waals surface area contributed by atoms with Crippen molar-refractivity contribution >= 4 is 23.2 Å². The molecule has 1 N–H and O–H groups in total. The molecule has 0 bridgehead atoms. The number of carbonyl (C=O) groups is 1. The van der Waals surface area contributed by atoms with Crippen molar-refractivity contribution in [2.45, 2.75) is 13.5 Å². The van der Waals surface area contributed by atoms with Gasteiger partial charge in [0.15, 0.2) is 0 Å². The number of amides is 1. The summed E-state index contributed by atoms with van der Waals surface area (Å²) >= 11 is 5.78. The number of ether oxygens (including phenoxy) is 1. The lowest BCUT2D eigenvalue weighted by molar-refractivity contribution is 0.102. The summed E-state index contributed by atoms with van der Waals surface area (Å²) < 4.78 is 5.38. The molecule has 2 rings (SSSR count). The monoisotopic (exact) mass is 290 g/mol. The van der Waals surface area contributed by atoms with Gasteiger partial charge in [-0.25, -0.2) is 4.98 Å². The van der Waals surface area contributed by atoms with Crippen LogP contribution in [0.1, 0.15) is 22.8 Å². The fourth-order valence-electron chi connectivity index (χ4n) is 1.72. The Morgan fingerprint density at radius 3 is 2.90 bits per heavy atom. The third-order valence-corrected chi connectivity index (χ3v) is 2.92. The van der Waals surface area contributed by atoms with Gasteiger partial charge in [0, 0.05) is 29.6 Å². The van der Waals surface area contributed by atoms with E-state index < -0.39 is 0 Å². The Hall–Kier alpha value is -1.91. The van der Waals surface area contributed by atoms with Crippen LogP contribution >= 0.6 is 11.6 Å². The molecule has 1 aromatic carbocycles. The van der Waals surface area contributed by atoms with E-state index in [1.54, 1.807) is 6.07 Å². The molecule has 1 heterocycles. The highest BCUT2D eigenvalue weighted by Gasteiger charge is 2.09. The molecular weight excluding hydrogens is 276 g/mol. The van der Waals surface area contributed by atoms with Gasteiger partial charge in [-0.3, -0.25) is 4.79 Å². The Kier molecular flexibility index (Phi) is 5.09. The van der Waals surface area contributed by atoms with Gasteiger partial charge in [-0.2, -0.15) is 0 Å². The highest BCUT2D eigenvalue weighted by atomic mass is 35.5. The van der Waals surface area contributed by atoms with Gasteiger partial charge in [-0.1, -0.05) is 29.8 Å². The van der Waals surface area contributed by atoms with Gasteiger partial charge >= 0.3 is 0 Å². The standard InChI is InChI=1S/C15H15ClN2O2/c1-2-20-10-12-5-3-4-6-13(12)18-15(19)11-7-8-17-14(16)9-11/h3-9H,2,10H2,1H3,(H,18,19). The number of para-hydroxylation sites is 1. The smallest absolute Gasteiger partial charge is 0.255 e. The third-order valence-electron chi connectivity index (χ3n) is 2.72. The summed E-state index contributed by atoms with van der Waals surface area (Å²) in [5, 5.41) is 3.15. The third kappa shape index (κ3) is 3.79. The Labute approximate surface area is 122 Å². The summed E-state index contributed by atoms with van der Waals surface area (Å²) in [6.45, 7) is 3.02. The molecule has 0 saturated carbocycles. The number of rotatable bonds is 5. The van der Waals surface area contributed by atoms with Gasteiger partial charge in [0.25, 0.3) is 5.91 Å². The Morgan fingerprint density at radius 1 is 1.35 bits per heavy atom. The quantitative estimate of drug-likeness (QED) is 0.857. The van der Waals surface area contributed by atoms with Crippen LogP contribution in [0.25, 0.3) is 0 Å². The van der Waals surface area contributed by atoms with Gasteiger partial charge in [0.2, 0.25) is 0 Å². The highest BCUT2D eigenvalue weighted by Crippen LogP contribution is 2.17. The molecule has 1 amide bonds. The first-order valence-electron chi connectivity index (χ1n) is 6.29. The van der Waals surface area contributed by atoms with Crippen LogP contribution in [0, 0.1) is 0 Å². The number of hydrogen-bond acceptors (Lipinski definition) is 3. The first kappa shape index (κ1) is 14.5. The summed E-state index contributed by atoms with van der Waals surface area (Å²) in [5.74, 6) is -0.224. The van der Waals surface area contributed by atoms with E-state index in [0.717, 1.165) is 11.3 Å². The van der Waals surface area contributed by atoms with Crippen molar-refractivity contribution in [2.75, 3.05) is 11.9 Å². The molecule has 20 heavy (non-hydrogen) atoms. The van der Waals surface area contributed by atoms with Crippen LogP contribution in [0.15, 0.2) is 42.6 Å². The van der Waals surface area contributed by atoms with Gasteiger partial charge in [0.05, 0.1) is 6.61 Å². The maximum atomic E-state index is 12.2. The van der Waals surface area contributed by atoms with Crippen LogP contribution in [0.2, 0.25) is 5.15 Å². The van der Waals surface area contributed by atoms with Crippen molar-refractivity contribution in [3.63, 3.8) is 0 Å². The molecule has 0 aliphatic heterocycles. The lowest BCUT2D eigenvalue weighted by Crippen LogP contribution is -2.13. The van der Waals surface area contributed by atoms with Crippen molar-refractivity contribution < 1.29 is 9.53 Å². The Balaban J connectivity index is 2.15. The second-order valence-corrected chi connectivity index (χ2v) is 4.50. The maximum absolute atomic E-state index is 12.2. The summed E-state index contributed by atoms with van der Waals surface area (Å²) in [5.41, 5.74) is 2.14. The molecule has 104 valence electrons. The fourth-order valence-corrected chi connectivity index (χ4v) is 1.89. The zero-order valence-electron chi connectivity index (χ0n) is 11.1. The van der Waals surface area contributed by atoms with Gasteiger partial charge in [-0.15, -0.1) is 0 Å². The summed E-state index contributed by atoms with van der Waals surface area (Å²) in [7, 11) is 0. The largest absolute Gasteiger partial charge is 0.377 e. The normalized spacial score (nSPS) is 10.3. The van der Waals surface area contributed by atoms with Crippen molar-refractivity contribution in [1.82, 2.24) is 4.98 Å². The minimum absolute atomic E-state index is 0.224. The number of aromatic nitrogens is 1. The lowest BCUT2D eigenvalue weighted by atomic mass is 10.1. The molecule has 0 fully saturated rings. The maximum Gasteiger partial charge on any atom is 0.255 e. The molecule has 5 heteroatoms. The number of halogens is 1. The van der Waals surface area contributed by atoms with Crippen LogP contribution in [-0.2, 0) is 11.3 Å². The topological polar surface area (TPSA) is 51.2 Å². The molecule has 0 unspecified atom stereocenters. The SMILES string of the molecule is CCOCc1ccccc1NC(=O)c1ccnc(Cl)c1. The van der Waals surface area contributed by atoms with Crippen LogP contribution < -0.4 is 5.32 Å². The molecule has 0 spiro atoms. The number of pyridine rings is 1. The number of hydrogen-bond donors (Lipinski definition) is 1. The number of nitrogens with zero attached hydrogens (tertiary/aromatic N) is 1. The minimum atomic E-state index is -0.224. The van der Waals surface area contributed by atoms with Crippen molar-refractivity contribution in [2.24, 2.45) is 0 Å². The summed E-state index contributed by atoms with van der Waals surface area (Å²) in [4.78, 5) is 16.0. The van der Waals surface area contributed by atoms with Crippen LogP contribution in [0.5, 0.6) is 0 Å². The zero-order chi connectivity index (χ0) is 14.4. The van der Waals surface area contributed by atoms with Crippen molar-refractivity contribution in [3.05, 3.63) is 58.9 Å². The number of benzene rings is 1. The molecule has 2 aromatic rings. The predicted octanol–water partition coefficient (Wildman–Crippen LogP) is 3.52. The van der Waals surface area contributed by atoms with E-state index >= 15 is 0 Å². The highest BCUT2D eigenvalue weighted by molar-refractivity contribution is 6.29. The lowest BCUT2D eigenvalue weighted by Gasteiger charge is -2.11. The second-order valence-electron chi connectivity index (χ2n) is 4.12. The molecule has 0 aliphatic rings. The fraction of sp³-hybridized carbons (Fsp3) is 0.200. The second kappa shape index (κ2) is 7.03. The molecule has 4 nitrogen and oxygen atoms in total. The van der Waals surface area contributed by atoms with E-state index in [4.69, 9.17) is 16.3 Å². The first-order valence-corrected chi connectivity index (χ1v) is 6.67. The average molecular weight is 291 g/mol. The minimum Gasteiger partial charge on any atom is -0.377 e. The number of carbonyl (C=O) groups excluding carboxylic acids is 1. The predicted molar refractivity (Wildman–Crippen MR) is 79.0 cm³/mol. The Morgan fingerprint density at radius 2 is 2.15 bits per heavy atom. The molecule has 0 atom stereocenters. The zero-order valence-corrected chi connectivity index (χ0v) is 11.9. The van der Waals surface area contributed by atoms with E-state index in [1.807, 2.05) is 31.2 Å². The van der Waals surface area contributed by atoms with E-state index in [0.29, 0.717) is 23.9 Å². The average Bonchev–Trinajstić information content (AvgIpc) is 2.46. The number of nitrogens with one attached hydrogen (secondary N) is 1. The summed E-state index contributed by atoms with van der Waals surface area (Å²) in [6.07, 6.45) is 1.50. The summed E-state index contributed by atoms with van der Waals surface area (Å²) in [6, 6.07) is 10.7. The van der Waals surface area contributed by atoms with Crippen LogP contribution in [0.3, 0.4) is 0 Å². The first-order chi connectivity index (χ1) is 9.70.